The normalized spacial score (nSPS) is 11.3. The quantitative estimate of drug-likeness (QED) is 0.766. The molecule has 0 bridgehead atoms. The zero-order chi connectivity index (χ0) is 18.5. The van der Waals surface area contributed by atoms with Crippen molar-refractivity contribution < 1.29 is 22.8 Å². The van der Waals surface area contributed by atoms with Gasteiger partial charge in [0.15, 0.2) is 0 Å². The summed E-state index contributed by atoms with van der Waals surface area (Å²) in [5.74, 6) is -0.930. The van der Waals surface area contributed by atoms with E-state index in [1.807, 2.05) is 6.92 Å². The van der Waals surface area contributed by atoms with E-state index in [4.69, 9.17) is 11.6 Å². The number of anilines is 1. The minimum atomic E-state index is -4.57. The Hall–Kier alpha value is -1.76. The Kier molecular flexibility index (Phi) is 7.08. The van der Waals surface area contributed by atoms with E-state index in [0.29, 0.717) is 6.54 Å². The number of hydrogen-bond acceptors (Lipinski definition) is 2. The van der Waals surface area contributed by atoms with Crippen LogP contribution in [0.5, 0.6) is 0 Å². The van der Waals surface area contributed by atoms with Gasteiger partial charge in [-0.05, 0) is 24.6 Å². The molecule has 1 aromatic rings. The molecule has 0 fully saturated rings. The molecule has 0 N–H and O–H groups in total. The van der Waals surface area contributed by atoms with Crippen LogP contribution in [0.2, 0.25) is 5.02 Å². The molecule has 1 aromatic carbocycles. The van der Waals surface area contributed by atoms with E-state index < -0.39 is 17.6 Å². The molecule has 2 amide bonds. The van der Waals surface area contributed by atoms with Crippen LogP contribution in [0.1, 0.15) is 32.3 Å². The highest BCUT2D eigenvalue weighted by molar-refractivity contribution is 6.34. The van der Waals surface area contributed by atoms with Gasteiger partial charge in [-0.1, -0.05) is 24.9 Å². The minimum absolute atomic E-state index is 0.0257. The summed E-state index contributed by atoms with van der Waals surface area (Å²) >= 11 is 5.95. The topological polar surface area (TPSA) is 40.6 Å². The molecule has 4 nitrogen and oxygen atoms in total. The average Bonchev–Trinajstić information content (AvgIpc) is 2.49. The van der Waals surface area contributed by atoms with E-state index in [-0.39, 0.29) is 23.2 Å². The fourth-order valence-corrected chi connectivity index (χ4v) is 2.26. The maximum atomic E-state index is 12.9. The summed E-state index contributed by atoms with van der Waals surface area (Å²) < 4.78 is 38.6. The first-order valence-corrected chi connectivity index (χ1v) is 7.84. The second-order valence-corrected chi connectivity index (χ2v) is 5.85. The monoisotopic (exact) mass is 364 g/mol. The van der Waals surface area contributed by atoms with Crippen LogP contribution in [0, 0.1) is 0 Å². The van der Waals surface area contributed by atoms with Crippen LogP contribution in [0.3, 0.4) is 0 Å². The lowest BCUT2D eigenvalue weighted by Gasteiger charge is -2.25. The molecule has 8 heteroatoms. The van der Waals surface area contributed by atoms with E-state index in [2.05, 4.69) is 0 Å². The first kappa shape index (κ1) is 20.3. The van der Waals surface area contributed by atoms with Crippen molar-refractivity contribution in [3.05, 3.63) is 28.8 Å². The third-order valence-electron chi connectivity index (χ3n) is 3.51. The lowest BCUT2D eigenvalue weighted by Crippen LogP contribution is -2.41. The Morgan fingerprint density at radius 1 is 1.25 bits per heavy atom. The number of carbonyl (C=O) groups is 2. The van der Waals surface area contributed by atoms with Crippen LogP contribution in [-0.4, -0.2) is 36.9 Å². The largest absolute Gasteiger partial charge is 0.416 e. The van der Waals surface area contributed by atoms with Gasteiger partial charge in [0, 0.05) is 20.5 Å². The average molecular weight is 365 g/mol. The highest BCUT2D eigenvalue weighted by Gasteiger charge is 2.32. The van der Waals surface area contributed by atoms with Gasteiger partial charge in [-0.15, -0.1) is 0 Å². The van der Waals surface area contributed by atoms with Gasteiger partial charge in [0.1, 0.15) is 6.54 Å². The van der Waals surface area contributed by atoms with Crippen LogP contribution >= 0.6 is 11.6 Å². The number of likely N-dealkylation sites (N-methyl/N-ethyl adjacent to an activating group) is 1. The SMILES string of the molecule is CCCCN(C)C(=O)CN(C(C)=O)c1cc(C(F)(F)F)ccc1Cl. The first-order valence-electron chi connectivity index (χ1n) is 7.46. The van der Waals surface area contributed by atoms with Gasteiger partial charge in [-0.3, -0.25) is 9.59 Å². The van der Waals surface area contributed by atoms with Crippen LogP contribution in [0.15, 0.2) is 18.2 Å². The Balaban J connectivity index is 3.09. The van der Waals surface area contributed by atoms with Crippen molar-refractivity contribution in [2.24, 2.45) is 0 Å². The number of alkyl halides is 3. The molecule has 134 valence electrons. The smallest absolute Gasteiger partial charge is 0.344 e. The standard InChI is InChI=1S/C16H20ClF3N2O2/c1-4-5-8-21(3)15(24)10-22(11(2)23)14-9-12(16(18,19)20)6-7-13(14)17/h6-7,9H,4-5,8,10H2,1-3H3. The summed E-state index contributed by atoms with van der Waals surface area (Å²) in [4.78, 5) is 26.4. The van der Waals surface area contributed by atoms with Crippen molar-refractivity contribution in [1.29, 1.82) is 0 Å². The molecule has 0 aliphatic carbocycles. The number of hydrogen-bond donors (Lipinski definition) is 0. The van der Waals surface area contributed by atoms with Crippen LogP contribution < -0.4 is 4.90 Å². The van der Waals surface area contributed by atoms with Gasteiger partial charge < -0.3 is 9.80 Å². The number of unbranched alkanes of at least 4 members (excludes halogenated alkanes) is 1. The molecule has 0 atom stereocenters. The maximum Gasteiger partial charge on any atom is 0.416 e. The number of carbonyl (C=O) groups excluding carboxylic acids is 2. The van der Waals surface area contributed by atoms with Crippen molar-refractivity contribution in [2.75, 3.05) is 25.0 Å². The molecule has 0 aliphatic heterocycles. The van der Waals surface area contributed by atoms with Crippen molar-refractivity contribution in [1.82, 2.24) is 4.90 Å². The van der Waals surface area contributed by atoms with Crippen LogP contribution in [0.4, 0.5) is 18.9 Å². The number of halogens is 4. The Labute approximate surface area is 144 Å². The fraction of sp³-hybridized carbons (Fsp3) is 0.500. The Bertz CT molecular complexity index is 605. The summed E-state index contributed by atoms with van der Waals surface area (Å²) in [5.41, 5.74) is -1.06. The zero-order valence-electron chi connectivity index (χ0n) is 13.8. The number of nitrogens with zero attached hydrogens (tertiary/aromatic N) is 2. The number of rotatable bonds is 6. The number of benzene rings is 1. The summed E-state index contributed by atoms with van der Waals surface area (Å²) in [7, 11) is 1.59. The van der Waals surface area contributed by atoms with E-state index in [1.165, 1.54) is 11.8 Å². The van der Waals surface area contributed by atoms with Gasteiger partial charge in [0.25, 0.3) is 0 Å². The fourth-order valence-electron chi connectivity index (χ4n) is 2.04. The molecule has 0 heterocycles. The van der Waals surface area contributed by atoms with Gasteiger partial charge in [-0.2, -0.15) is 13.2 Å². The third kappa shape index (κ3) is 5.40. The van der Waals surface area contributed by atoms with Crippen molar-refractivity contribution in [3.8, 4) is 0 Å². The second kappa shape index (κ2) is 8.37. The molecular weight excluding hydrogens is 345 g/mol. The van der Waals surface area contributed by atoms with E-state index in [1.54, 1.807) is 7.05 Å². The molecule has 24 heavy (non-hydrogen) atoms. The predicted molar refractivity (Wildman–Crippen MR) is 87.0 cm³/mol. The molecular formula is C16H20ClF3N2O2. The molecule has 0 unspecified atom stereocenters. The summed E-state index contributed by atoms with van der Waals surface area (Å²) in [5, 5.41) is -0.0257. The molecule has 0 aromatic heterocycles. The molecule has 0 aliphatic rings. The predicted octanol–water partition coefficient (Wildman–Crippen LogP) is 3.97. The molecule has 0 spiro atoms. The molecule has 0 radical (unpaired) electrons. The summed E-state index contributed by atoms with van der Waals surface area (Å²) in [6, 6.07) is 2.68. The maximum absolute atomic E-state index is 12.9. The molecule has 0 saturated heterocycles. The zero-order valence-corrected chi connectivity index (χ0v) is 14.5. The Morgan fingerprint density at radius 3 is 2.38 bits per heavy atom. The van der Waals surface area contributed by atoms with Crippen molar-refractivity contribution in [3.63, 3.8) is 0 Å². The van der Waals surface area contributed by atoms with Crippen LogP contribution in [-0.2, 0) is 15.8 Å². The van der Waals surface area contributed by atoms with Gasteiger partial charge >= 0.3 is 6.18 Å². The Morgan fingerprint density at radius 2 is 1.88 bits per heavy atom. The third-order valence-corrected chi connectivity index (χ3v) is 3.83. The highest BCUT2D eigenvalue weighted by atomic mass is 35.5. The molecule has 1 rings (SSSR count). The number of amides is 2. The van der Waals surface area contributed by atoms with E-state index in [9.17, 15) is 22.8 Å². The summed E-state index contributed by atoms with van der Waals surface area (Å²) in [6.07, 6.45) is -2.87. The molecule has 0 saturated carbocycles. The lowest BCUT2D eigenvalue weighted by atomic mass is 10.1. The second-order valence-electron chi connectivity index (χ2n) is 5.44. The summed E-state index contributed by atoms with van der Waals surface area (Å²) in [6.45, 7) is 3.30. The van der Waals surface area contributed by atoms with Gasteiger partial charge in [0.05, 0.1) is 16.3 Å². The first-order chi connectivity index (χ1) is 11.1. The van der Waals surface area contributed by atoms with Crippen molar-refractivity contribution >= 4 is 29.1 Å². The minimum Gasteiger partial charge on any atom is -0.344 e. The van der Waals surface area contributed by atoms with Gasteiger partial charge in [-0.25, -0.2) is 0 Å². The lowest BCUT2D eigenvalue weighted by molar-refractivity contribution is -0.137. The van der Waals surface area contributed by atoms with E-state index in [0.717, 1.165) is 35.9 Å². The van der Waals surface area contributed by atoms with E-state index >= 15 is 0 Å². The van der Waals surface area contributed by atoms with Gasteiger partial charge in [0.2, 0.25) is 11.8 Å². The van der Waals surface area contributed by atoms with Crippen LogP contribution in [0.25, 0.3) is 0 Å². The van der Waals surface area contributed by atoms with Crippen molar-refractivity contribution in [2.45, 2.75) is 32.9 Å². The highest BCUT2D eigenvalue weighted by Crippen LogP contribution is 2.35.